The van der Waals surface area contributed by atoms with Gasteiger partial charge in [-0.1, -0.05) is 6.07 Å². The van der Waals surface area contributed by atoms with E-state index in [4.69, 9.17) is 4.74 Å². The molecule has 0 bridgehead atoms. The summed E-state index contributed by atoms with van der Waals surface area (Å²) in [6, 6.07) is 5.92. The van der Waals surface area contributed by atoms with Crippen LogP contribution in [0.3, 0.4) is 0 Å². The predicted molar refractivity (Wildman–Crippen MR) is 82.8 cm³/mol. The van der Waals surface area contributed by atoms with Crippen LogP contribution in [-0.4, -0.2) is 37.6 Å². The number of hydrogen-bond acceptors (Lipinski definition) is 3. The number of likely N-dealkylation sites (tertiary alicyclic amines) is 1. The standard InChI is InChI=1S/C15H21BrN2O2/c1-17-10-12-5-6-14(13(16)9-12)20-11-15(19)18-7-3-2-4-8-18/h5-6,9,17H,2-4,7-8,10-11H2,1H3. The third-order valence-electron chi connectivity index (χ3n) is 3.44. The lowest BCUT2D eigenvalue weighted by atomic mass is 10.1. The number of amides is 1. The zero-order valence-corrected chi connectivity index (χ0v) is 13.4. The van der Waals surface area contributed by atoms with Gasteiger partial charge in [-0.2, -0.15) is 0 Å². The molecule has 2 rings (SSSR count). The van der Waals surface area contributed by atoms with Crippen molar-refractivity contribution in [2.75, 3.05) is 26.7 Å². The highest BCUT2D eigenvalue weighted by molar-refractivity contribution is 9.10. The maximum atomic E-state index is 12.0. The fourth-order valence-electron chi connectivity index (χ4n) is 2.35. The van der Waals surface area contributed by atoms with Gasteiger partial charge in [-0.05, 0) is 59.9 Å². The average Bonchev–Trinajstić information content (AvgIpc) is 2.47. The molecule has 0 atom stereocenters. The van der Waals surface area contributed by atoms with Crippen molar-refractivity contribution in [1.82, 2.24) is 10.2 Å². The van der Waals surface area contributed by atoms with E-state index in [-0.39, 0.29) is 12.5 Å². The van der Waals surface area contributed by atoms with Crippen molar-refractivity contribution in [2.24, 2.45) is 0 Å². The molecule has 4 nitrogen and oxygen atoms in total. The number of piperidine rings is 1. The van der Waals surface area contributed by atoms with E-state index >= 15 is 0 Å². The summed E-state index contributed by atoms with van der Waals surface area (Å²) < 4.78 is 6.51. The summed E-state index contributed by atoms with van der Waals surface area (Å²) in [5, 5.41) is 3.10. The molecule has 1 saturated heterocycles. The second-order valence-corrected chi connectivity index (χ2v) is 5.88. The van der Waals surface area contributed by atoms with E-state index in [9.17, 15) is 4.79 Å². The summed E-state index contributed by atoms with van der Waals surface area (Å²) in [5.41, 5.74) is 1.18. The van der Waals surface area contributed by atoms with E-state index in [0.717, 1.165) is 42.7 Å². The van der Waals surface area contributed by atoms with Crippen molar-refractivity contribution in [3.05, 3.63) is 28.2 Å². The SMILES string of the molecule is CNCc1ccc(OCC(=O)N2CCCCC2)c(Br)c1. The zero-order valence-electron chi connectivity index (χ0n) is 11.8. The predicted octanol–water partition coefficient (Wildman–Crippen LogP) is 2.56. The molecule has 0 spiro atoms. The Morgan fingerprint density at radius 3 is 2.75 bits per heavy atom. The van der Waals surface area contributed by atoms with E-state index < -0.39 is 0 Å². The van der Waals surface area contributed by atoms with Gasteiger partial charge >= 0.3 is 0 Å². The van der Waals surface area contributed by atoms with Crippen molar-refractivity contribution in [3.8, 4) is 5.75 Å². The summed E-state index contributed by atoms with van der Waals surface area (Å²) in [7, 11) is 1.91. The van der Waals surface area contributed by atoms with Gasteiger partial charge < -0.3 is 15.0 Å². The largest absolute Gasteiger partial charge is 0.483 e. The summed E-state index contributed by atoms with van der Waals surface area (Å²) in [4.78, 5) is 13.9. The van der Waals surface area contributed by atoms with Crippen molar-refractivity contribution in [2.45, 2.75) is 25.8 Å². The molecule has 0 saturated carbocycles. The molecule has 1 heterocycles. The monoisotopic (exact) mass is 340 g/mol. The Morgan fingerprint density at radius 2 is 2.10 bits per heavy atom. The van der Waals surface area contributed by atoms with Crippen LogP contribution in [-0.2, 0) is 11.3 Å². The number of nitrogens with one attached hydrogen (secondary N) is 1. The van der Waals surface area contributed by atoms with Crippen LogP contribution in [0.2, 0.25) is 0 Å². The molecule has 1 aromatic carbocycles. The number of halogens is 1. The highest BCUT2D eigenvalue weighted by Gasteiger charge is 2.17. The number of benzene rings is 1. The molecule has 1 aliphatic rings. The Morgan fingerprint density at radius 1 is 1.35 bits per heavy atom. The summed E-state index contributed by atoms with van der Waals surface area (Å²) in [5.74, 6) is 0.797. The van der Waals surface area contributed by atoms with Gasteiger partial charge in [-0.3, -0.25) is 4.79 Å². The third-order valence-corrected chi connectivity index (χ3v) is 4.06. The van der Waals surface area contributed by atoms with E-state index in [2.05, 4.69) is 21.2 Å². The first kappa shape index (κ1) is 15.3. The highest BCUT2D eigenvalue weighted by Crippen LogP contribution is 2.26. The fraction of sp³-hybridized carbons (Fsp3) is 0.533. The maximum Gasteiger partial charge on any atom is 0.260 e. The molecule has 5 heteroatoms. The molecular weight excluding hydrogens is 320 g/mol. The number of nitrogens with zero attached hydrogens (tertiary/aromatic N) is 1. The summed E-state index contributed by atoms with van der Waals surface area (Å²) in [6.45, 7) is 2.66. The molecule has 1 fully saturated rings. The van der Waals surface area contributed by atoms with Gasteiger partial charge in [-0.15, -0.1) is 0 Å². The summed E-state index contributed by atoms with van der Waals surface area (Å²) in [6.07, 6.45) is 3.44. The number of hydrogen-bond donors (Lipinski definition) is 1. The van der Waals surface area contributed by atoms with E-state index in [1.807, 2.05) is 30.1 Å². The molecule has 110 valence electrons. The molecule has 1 aromatic rings. The fourth-order valence-corrected chi connectivity index (χ4v) is 2.89. The quantitative estimate of drug-likeness (QED) is 0.895. The molecular formula is C15H21BrN2O2. The molecule has 0 aromatic heterocycles. The van der Waals surface area contributed by atoms with E-state index in [0.29, 0.717) is 0 Å². The van der Waals surface area contributed by atoms with E-state index in [1.165, 1.54) is 12.0 Å². The molecule has 1 aliphatic heterocycles. The van der Waals surface area contributed by atoms with Gasteiger partial charge in [0.25, 0.3) is 5.91 Å². The molecule has 0 unspecified atom stereocenters. The molecule has 20 heavy (non-hydrogen) atoms. The van der Waals surface area contributed by atoms with E-state index in [1.54, 1.807) is 0 Å². The average molecular weight is 341 g/mol. The first-order chi connectivity index (χ1) is 9.70. The lowest BCUT2D eigenvalue weighted by Crippen LogP contribution is -2.38. The van der Waals surface area contributed by atoms with Crippen molar-refractivity contribution >= 4 is 21.8 Å². The van der Waals surface area contributed by atoms with Crippen LogP contribution in [0.25, 0.3) is 0 Å². The Balaban J connectivity index is 1.88. The Kier molecular flexibility index (Phi) is 5.86. The van der Waals surface area contributed by atoms with Gasteiger partial charge in [0.15, 0.2) is 6.61 Å². The molecule has 0 radical (unpaired) electrons. The van der Waals surface area contributed by atoms with Crippen molar-refractivity contribution < 1.29 is 9.53 Å². The van der Waals surface area contributed by atoms with Gasteiger partial charge in [0.1, 0.15) is 5.75 Å². The van der Waals surface area contributed by atoms with Gasteiger partial charge in [0, 0.05) is 19.6 Å². The van der Waals surface area contributed by atoms with Crippen LogP contribution in [0.4, 0.5) is 0 Å². The zero-order chi connectivity index (χ0) is 14.4. The molecule has 0 aliphatic carbocycles. The number of carbonyl (C=O) groups excluding carboxylic acids is 1. The third kappa shape index (κ3) is 4.21. The lowest BCUT2D eigenvalue weighted by Gasteiger charge is -2.26. The lowest BCUT2D eigenvalue weighted by molar-refractivity contribution is -0.134. The smallest absolute Gasteiger partial charge is 0.260 e. The Bertz CT molecular complexity index is 459. The van der Waals surface area contributed by atoms with Crippen LogP contribution >= 0.6 is 15.9 Å². The van der Waals surface area contributed by atoms with Gasteiger partial charge in [0.2, 0.25) is 0 Å². The van der Waals surface area contributed by atoms with Gasteiger partial charge in [0.05, 0.1) is 4.47 Å². The Labute approximate surface area is 128 Å². The molecule has 1 amide bonds. The first-order valence-corrected chi connectivity index (χ1v) is 7.83. The van der Waals surface area contributed by atoms with Crippen LogP contribution in [0.1, 0.15) is 24.8 Å². The normalized spacial score (nSPS) is 15.2. The highest BCUT2D eigenvalue weighted by atomic mass is 79.9. The minimum atomic E-state index is 0.0795. The first-order valence-electron chi connectivity index (χ1n) is 7.04. The van der Waals surface area contributed by atoms with Crippen LogP contribution in [0.5, 0.6) is 5.75 Å². The second kappa shape index (κ2) is 7.64. The van der Waals surface area contributed by atoms with Crippen molar-refractivity contribution in [1.29, 1.82) is 0 Å². The van der Waals surface area contributed by atoms with Crippen LogP contribution in [0.15, 0.2) is 22.7 Å². The Hall–Kier alpha value is -1.07. The van der Waals surface area contributed by atoms with Crippen LogP contribution < -0.4 is 10.1 Å². The number of rotatable bonds is 5. The minimum absolute atomic E-state index is 0.0795. The maximum absolute atomic E-state index is 12.0. The second-order valence-electron chi connectivity index (χ2n) is 5.03. The summed E-state index contributed by atoms with van der Waals surface area (Å²) >= 11 is 3.49. The molecule has 1 N–H and O–H groups in total. The number of carbonyl (C=O) groups is 1. The topological polar surface area (TPSA) is 41.6 Å². The minimum Gasteiger partial charge on any atom is -0.483 e. The van der Waals surface area contributed by atoms with Crippen LogP contribution in [0, 0.1) is 0 Å². The van der Waals surface area contributed by atoms with Gasteiger partial charge in [-0.25, -0.2) is 0 Å². The number of ether oxygens (including phenoxy) is 1. The van der Waals surface area contributed by atoms with Crippen molar-refractivity contribution in [3.63, 3.8) is 0 Å².